The molecule has 3 rings (SSSR count). The number of aliphatic hydroxyl groups excluding tert-OH is 2. The third-order valence-corrected chi connectivity index (χ3v) is 5.19. The molecule has 2 saturated carbocycles. The third kappa shape index (κ3) is 1.83. The van der Waals surface area contributed by atoms with Gasteiger partial charge in [0.1, 0.15) is 0 Å². The van der Waals surface area contributed by atoms with E-state index >= 15 is 0 Å². The summed E-state index contributed by atoms with van der Waals surface area (Å²) in [6.45, 7) is 0.0461. The lowest BCUT2D eigenvalue weighted by atomic mass is 9.97. The molecule has 0 radical (unpaired) electrons. The predicted octanol–water partition coefficient (Wildman–Crippen LogP) is -0.00650. The topological polar surface area (TPSA) is 95.3 Å². The van der Waals surface area contributed by atoms with Gasteiger partial charge in [-0.15, -0.1) is 0 Å². The van der Waals surface area contributed by atoms with Crippen LogP contribution in [0.2, 0.25) is 0 Å². The van der Waals surface area contributed by atoms with Crippen LogP contribution in [0.15, 0.2) is 20.3 Å². The standard InChI is InChI=1S/C12H15BrN2O4/c13-7-5-15(11(19)14-10(7)18)8-3-9(17)12(1-2-16)4-6(8)12/h5-6,8-9,16-17H,1-4H2,(H,14,18,19)/t6?,8-,9-,12-/m0/s1. The van der Waals surface area contributed by atoms with Crippen molar-refractivity contribution in [2.24, 2.45) is 11.3 Å². The molecule has 2 aliphatic rings. The highest BCUT2D eigenvalue weighted by molar-refractivity contribution is 9.10. The molecular weight excluding hydrogens is 316 g/mol. The quantitative estimate of drug-likeness (QED) is 0.726. The van der Waals surface area contributed by atoms with E-state index in [1.54, 1.807) is 0 Å². The normalized spacial score (nSPS) is 36.3. The molecule has 7 heteroatoms. The lowest BCUT2D eigenvalue weighted by Gasteiger charge is -2.17. The largest absolute Gasteiger partial charge is 0.396 e. The number of aromatic amines is 1. The first-order valence-electron chi connectivity index (χ1n) is 6.29. The lowest BCUT2D eigenvalue weighted by molar-refractivity contribution is 0.0826. The van der Waals surface area contributed by atoms with Crippen molar-refractivity contribution in [3.63, 3.8) is 0 Å². The fraction of sp³-hybridized carbons (Fsp3) is 0.667. The highest BCUT2D eigenvalue weighted by atomic mass is 79.9. The van der Waals surface area contributed by atoms with Crippen molar-refractivity contribution in [1.82, 2.24) is 9.55 Å². The summed E-state index contributed by atoms with van der Waals surface area (Å²) >= 11 is 3.11. The van der Waals surface area contributed by atoms with Gasteiger partial charge in [-0.2, -0.15) is 0 Å². The summed E-state index contributed by atoms with van der Waals surface area (Å²) in [4.78, 5) is 25.5. The number of rotatable bonds is 3. The Morgan fingerprint density at radius 2 is 2.26 bits per heavy atom. The highest BCUT2D eigenvalue weighted by Crippen LogP contribution is 2.69. The maximum absolute atomic E-state index is 11.9. The van der Waals surface area contributed by atoms with E-state index in [1.165, 1.54) is 10.8 Å². The molecule has 0 bridgehead atoms. The number of aliphatic hydroxyl groups is 2. The van der Waals surface area contributed by atoms with Gasteiger partial charge in [0.25, 0.3) is 5.56 Å². The van der Waals surface area contributed by atoms with Crippen LogP contribution in [0.3, 0.4) is 0 Å². The number of nitrogens with one attached hydrogen (secondary N) is 1. The van der Waals surface area contributed by atoms with E-state index in [0.717, 1.165) is 6.42 Å². The first kappa shape index (κ1) is 13.1. The summed E-state index contributed by atoms with van der Waals surface area (Å²) in [5, 5.41) is 19.3. The monoisotopic (exact) mass is 330 g/mol. The van der Waals surface area contributed by atoms with Gasteiger partial charge in [0.05, 0.1) is 10.6 Å². The smallest absolute Gasteiger partial charge is 0.328 e. The molecule has 1 unspecified atom stereocenters. The number of aromatic nitrogens is 2. The van der Waals surface area contributed by atoms with Gasteiger partial charge in [-0.1, -0.05) is 0 Å². The number of halogens is 1. The van der Waals surface area contributed by atoms with Crippen LogP contribution in [0, 0.1) is 11.3 Å². The molecule has 1 aromatic heterocycles. The summed E-state index contributed by atoms with van der Waals surface area (Å²) in [5.74, 6) is 0.199. The maximum Gasteiger partial charge on any atom is 0.328 e. The van der Waals surface area contributed by atoms with Crippen LogP contribution in [-0.2, 0) is 0 Å². The zero-order chi connectivity index (χ0) is 13.8. The van der Waals surface area contributed by atoms with Crippen LogP contribution in [0.25, 0.3) is 0 Å². The van der Waals surface area contributed by atoms with Gasteiger partial charge in [-0.25, -0.2) is 4.79 Å². The fourth-order valence-electron chi connectivity index (χ4n) is 3.56. The van der Waals surface area contributed by atoms with Crippen LogP contribution in [-0.4, -0.2) is 32.5 Å². The molecule has 0 saturated heterocycles. The Balaban J connectivity index is 1.96. The first-order valence-corrected chi connectivity index (χ1v) is 7.09. The van der Waals surface area contributed by atoms with Crippen LogP contribution in [0.4, 0.5) is 0 Å². The van der Waals surface area contributed by atoms with E-state index in [4.69, 9.17) is 5.11 Å². The second kappa shape index (κ2) is 4.29. The van der Waals surface area contributed by atoms with Gasteiger partial charge in [-0.05, 0) is 41.1 Å². The van der Waals surface area contributed by atoms with Crippen molar-refractivity contribution in [3.8, 4) is 0 Å². The maximum atomic E-state index is 11.9. The van der Waals surface area contributed by atoms with E-state index in [-0.39, 0.29) is 24.0 Å². The van der Waals surface area contributed by atoms with E-state index in [1.807, 2.05) is 0 Å². The van der Waals surface area contributed by atoms with E-state index < -0.39 is 17.4 Å². The second-order valence-electron chi connectivity index (χ2n) is 5.48. The number of nitrogens with zero attached hydrogens (tertiary/aromatic N) is 1. The molecule has 0 aromatic carbocycles. The number of hydrogen-bond donors (Lipinski definition) is 3. The van der Waals surface area contributed by atoms with E-state index in [0.29, 0.717) is 17.3 Å². The summed E-state index contributed by atoms with van der Waals surface area (Å²) in [6, 6.07) is -0.109. The molecule has 1 heterocycles. The number of H-pyrrole nitrogens is 1. The molecule has 0 spiro atoms. The van der Waals surface area contributed by atoms with E-state index in [9.17, 15) is 14.7 Å². The molecule has 1 aromatic rings. The molecule has 19 heavy (non-hydrogen) atoms. The molecule has 104 valence electrons. The number of fused-ring (bicyclic) bond motifs is 1. The first-order chi connectivity index (χ1) is 8.99. The Hall–Kier alpha value is -0.920. The van der Waals surface area contributed by atoms with Crippen molar-refractivity contribution in [2.75, 3.05) is 6.61 Å². The van der Waals surface area contributed by atoms with Crippen LogP contribution < -0.4 is 11.2 Å². The second-order valence-corrected chi connectivity index (χ2v) is 6.33. The molecule has 6 nitrogen and oxygen atoms in total. The zero-order valence-electron chi connectivity index (χ0n) is 10.2. The molecule has 3 N–H and O–H groups in total. The molecular formula is C12H15BrN2O4. The van der Waals surface area contributed by atoms with Crippen LogP contribution >= 0.6 is 15.9 Å². The summed E-state index contributed by atoms with van der Waals surface area (Å²) in [7, 11) is 0. The molecule has 0 amide bonds. The Morgan fingerprint density at radius 3 is 2.89 bits per heavy atom. The van der Waals surface area contributed by atoms with Gasteiger partial charge < -0.3 is 10.2 Å². The van der Waals surface area contributed by atoms with Gasteiger partial charge in [0.2, 0.25) is 0 Å². The van der Waals surface area contributed by atoms with Crippen molar-refractivity contribution in [1.29, 1.82) is 0 Å². The lowest BCUT2D eigenvalue weighted by Crippen LogP contribution is -2.33. The predicted molar refractivity (Wildman–Crippen MR) is 70.9 cm³/mol. The minimum absolute atomic E-state index is 0.0461. The molecule has 2 aliphatic carbocycles. The summed E-state index contributed by atoms with van der Waals surface area (Å²) in [5.41, 5.74) is -1.13. The minimum atomic E-state index is -0.493. The minimum Gasteiger partial charge on any atom is -0.396 e. The summed E-state index contributed by atoms with van der Waals surface area (Å²) < 4.78 is 1.80. The van der Waals surface area contributed by atoms with E-state index in [2.05, 4.69) is 20.9 Å². The Labute approximate surface area is 117 Å². The SMILES string of the molecule is O=c1[nH]c(=O)n([C@H]2C[C@H](O)[C@@]3(CCO)CC23)cc1Br. The zero-order valence-corrected chi connectivity index (χ0v) is 11.8. The van der Waals surface area contributed by atoms with Gasteiger partial charge in [0, 0.05) is 24.3 Å². The van der Waals surface area contributed by atoms with Crippen LogP contribution in [0.1, 0.15) is 25.3 Å². The van der Waals surface area contributed by atoms with Gasteiger partial charge in [-0.3, -0.25) is 14.3 Å². The fourth-order valence-corrected chi connectivity index (χ4v) is 3.88. The average Bonchev–Trinajstić information content (AvgIpc) is 3.01. The van der Waals surface area contributed by atoms with Crippen molar-refractivity contribution in [3.05, 3.63) is 31.5 Å². The molecule has 4 atom stereocenters. The molecule has 2 fully saturated rings. The Kier molecular flexibility index (Phi) is 2.95. The third-order valence-electron chi connectivity index (χ3n) is 4.63. The summed E-state index contributed by atoms with van der Waals surface area (Å²) in [6.07, 6.45) is 2.87. The van der Waals surface area contributed by atoms with Crippen molar-refractivity contribution < 1.29 is 10.2 Å². The molecule has 0 aliphatic heterocycles. The van der Waals surface area contributed by atoms with Crippen molar-refractivity contribution in [2.45, 2.75) is 31.4 Å². The Morgan fingerprint density at radius 1 is 1.53 bits per heavy atom. The van der Waals surface area contributed by atoms with Gasteiger partial charge >= 0.3 is 5.69 Å². The van der Waals surface area contributed by atoms with Crippen LogP contribution in [0.5, 0.6) is 0 Å². The Bertz CT molecular complexity index is 625. The van der Waals surface area contributed by atoms with Gasteiger partial charge in [0.15, 0.2) is 0 Å². The number of hydrogen-bond acceptors (Lipinski definition) is 4. The highest BCUT2D eigenvalue weighted by Gasteiger charge is 2.66. The van der Waals surface area contributed by atoms with Crippen molar-refractivity contribution >= 4 is 15.9 Å². The average molecular weight is 331 g/mol.